The van der Waals surface area contributed by atoms with Crippen LogP contribution in [0.25, 0.3) is 22.3 Å². The molecule has 18 heteroatoms. The molecule has 2 amide bonds. The van der Waals surface area contributed by atoms with E-state index in [4.69, 9.17) is 0 Å². The van der Waals surface area contributed by atoms with Gasteiger partial charge in [0.1, 0.15) is 17.3 Å². The highest BCUT2D eigenvalue weighted by molar-refractivity contribution is 7.82. The first kappa shape index (κ1) is 39.9. The summed E-state index contributed by atoms with van der Waals surface area (Å²) in [6.45, 7) is 3.87. The number of hydrogen-bond acceptors (Lipinski definition) is 10. The lowest BCUT2D eigenvalue weighted by molar-refractivity contribution is -0.138. The van der Waals surface area contributed by atoms with E-state index in [9.17, 15) is 27.0 Å². The maximum Gasteiger partial charge on any atom is 0.419 e. The number of nitrogens with zero attached hydrogens (tertiary/aromatic N) is 9. The van der Waals surface area contributed by atoms with Gasteiger partial charge in [0.25, 0.3) is 0 Å². The van der Waals surface area contributed by atoms with E-state index < -0.39 is 22.7 Å². The quantitative estimate of drug-likeness (QED) is 0.154. The summed E-state index contributed by atoms with van der Waals surface area (Å²) in [6, 6.07) is 13.4. The minimum absolute atomic E-state index is 0.0484. The zero-order chi connectivity index (χ0) is 40.1. The van der Waals surface area contributed by atoms with E-state index in [0.717, 1.165) is 73.2 Å². The van der Waals surface area contributed by atoms with Crippen molar-refractivity contribution in [1.29, 1.82) is 0 Å². The third-order valence-electron chi connectivity index (χ3n) is 10.5. The van der Waals surface area contributed by atoms with Crippen LogP contribution in [-0.2, 0) is 35.5 Å². The number of carbonyl (C=O) groups is 2. The van der Waals surface area contributed by atoms with Crippen LogP contribution in [0.2, 0.25) is 0 Å². The van der Waals surface area contributed by atoms with Crippen molar-refractivity contribution >= 4 is 46.0 Å². The van der Waals surface area contributed by atoms with Gasteiger partial charge in [0.05, 0.1) is 16.0 Å². The predicted molar refractivity (Wildman–Crippen MR) is 210 cm³/mol. The summed E-state index contributed by atoms with van der Waals surface area (Å²) in [5.74, 6) is 1.61. The fraction of sp³-hybridized carbons (Fsp3) is 0.410. The third kappa shape index (κ3) is 9.29. The molecule has 300 valence electrons. The molecular weight excluding hydrogens is 760 g/mol. The van der Waals surface area contributed by atoms with Gasteiger partial charge < -0.3 is 15.4 Å². The zero-order valence-corrected chi connectivity index (χ0v) is 32.5. The van der Waals surface area contributed by atoms with Crippen LogP contribution in [0, 0.1) is 0 Å². The van der Waals surface area contributed by atoms with Crippen molar-refractivity contribution in [3.05, 3.63) is 83.9 Å². The molecule has 0 spiro atoms. The number of benzene rings is 2. The van der Waals surface area contributed by atoms with E-state index in [1.807, 2.05) is 54.1 Å². The topological polar surface area (TPSA) is 154 Å². The van der Waals surface area contributed by atoms with Crippen molar-refractivity contribution in [2.24, 2.45) is 7.05 Å². The second-order valence-corrected chi connectivity index (χ2v) is 15.8. The lowest BCUT2D eigenvalue weighted by Gasteiger charge is -2.32. The first-order chi connectivity index (χ1) is 27.5. The summed E-state index contributed by atoms with van der Waals surface area (Å²) in [7, 11) is 2.02. The smallest absolute Gasteiger partial charge is 0.351 e. The number of anilines is 2. The normalized spacial score (nSPS) is 16.7. The van der Waals surface area contributed by atoms with Gasteiger partial charge in [-0.25, -0.2) is 33.2 Å². The molecule has 2 aromatic carbocycles. The molecule has 2 saturated heterocycles. The average Bonchev–Trinajstić information content (AvgIpc) is 3.56. The Morgan fingerprint density at radius 1 is 0.965 bits per heavy atom. The number of hydrogen-bond donors (Lipinski definition) is 2. The lowest BCUT2D eigenvalue weighted by Crippen LogP contribution is -2.40. The number of piperidine rings is 2. The summed E-state index contributed by atoms with van der Waals surface area (Å²) in [5, 5.41) is 11.2. The Kier molecular flexibility index (Phi) is 12.2. The number of nitrogens with one attached hydrogen (secondary N) is 2. The Morgan fingerprint density at radius 2 is 1.68 bits per heavy atom. The van der Waals surface area contributed by atoms with Crippen molar-refractivity contribution in [1.82, 2.24) is 44.2 Å². The van der Waals surface area contributed by atoms with Gasteiger partial charge in [-0.3, -0.25) is 14.5 Å². The first-order valence-corrected chi connectivity index (χ1v) is 20.0. The molecule has 0 aliphatic carbocycles. The molecule has 0 saturated carbocycles. The third-order valence-corrected chi connectivity index (χ3v) is 12.0. The number of amides is 2. The number of aromatic nitrogens is 6. The van der Waals surface area contributed by atoms with Crippen LogP contribution in [0.3, 0.4) is 0 Å². The second kappa shape index (κ2) is 17.4. The van der Waals surface area contributed by atoms with E-state index in [2.05, 4.69) is 52.7 Å². The predicted octanol–water partition coefficient (Wildman–Crippen LogP) is 5.55. The van der Waals surface area contributed by atoms with Crippen molar-refractivity contribution in [3.8, 4) is 11.4 Å². The summed E-state index contributed by atoms with van der Waals surface area (Å²) in [6.07, 6.45) is 5.00. The van der Waals surface area contributed by atoms with Gasteiger partial charge in [-0.2, -0.15) is 18.3 Å². The molecule has 3 aromatic heterocycles. The van der Waals surface area contributed by atoms with Crippen LogP contribution in [0.1, 0.15) is 54.7 Å². The van der Waals surface area contributed by atoms with Gasteiger partial charge in [-0.15, -0.1) is 0 Å². The van der Waals surface area contributed by atoms with Crippen LogP contribution >= 0.6 is 0 Å². The van der Waals surface area contributed by atoms with E-state index in [-0.39, 0.29) is 31.0 Å². The van der Waals surface area contributed by atoms with E-state index in [0.29, 0.717) is 48.4 Å². The van der Waals surface area contributed by atoms with E-state index >= 15 is 0 Å². The average molecular weight is 804 g/mol. The van der Waals surface area contributed by atoms with Crippen LogP contribution in [-0.4, -0.2) is 101 Å². The molecule has 2 fully saturated rings. The largest absolute Gasteiger partial charge is 0.419 e. The molecule has 57 heavy (non-hydrogen) atoms. The Hall–Kier alpha value is -5.33. The molecule has 2 N–H and O–H groups in total. The van der Waals surface area contributed by atoms with E-state index in [1.165, 1.54) is 10.5 Å². The summed E-state index contributed by atoms with van der Waals surface area (Å²) >= 11 is 0. The van der Waals surface area contributed by atoms with Gasteiger partial charge in [-0.05, 0) is 74.5 Å². The Labute approximate surface area is 330 Å². The minimum Gasteiger partial charge on any atom is -0.351 e. The van der Waals surface area contributed by atoms with Crippen molar-refractivity contribution in [2.45, 2.75) is 61.7 Å². The molecule has 7 rings (SSSR count). The molecule has 5 heterocycles. The van der Waals surface area contributed by atoms with Crippen LogP contribution in [0.15, 0.2) is 72.1 Å². The second-order valence-electron chi connectivity index (χ2n) is 14.3. The Balaban J connectivity index is 0.907. The standard InChI is InChI=1S/C39H44F3N11O3S/c1-43-38(55)53(13-4-18-54)36-33-8-7-28(20-34(33)50(2)49-36)27-9-14-51(15-10-27)25-26-21-44-35(45-22-26)29-5-3-6-32(19-29)57(56)52-16-11-31(12-17-52)48-37-46-23-30(24-47-37)39(40,41)42/h3,5-8,18-24,27,31H,4,9-17,25H2,1-2H3,(H,43,55)(H,46,47,48). The van der Waals surface area contributed by atoms with Crippen molar-refractivity contribution < 1.29 is 27.0 Å². The zero-order valence-electron chi connectivity index (χ0n) is 31.7. The van der Waals surface area contributed by atoms with E-state index in [1.54, 1.807) is 11.7 Å². The minimum atomic E-state index is -4.49. The molecular formula is C39H44F3N11O3S. The first-order valence-electron chi connectivity index (χ1n) is 18.9. The molecule has 0 bridgehead atoms. The van der Waals surface area contributed by atoms with Crippen molar-refractivity contribution in [2.75, 3.05) is 50.0 Å². The summed E-state index contributed by atoms with van der Waals surface area (Å²) in [4.78, 5) is 45.1. The molecule has 1 atom stereocenters. The number of aldehydes is 1. The van der Waals surface area contributed by atoms with Gasteiger partial charge >= 0.3 is 12.2 Å². The lowest BCUT2D eigenvalue weighted by atomic mass is 9.89. The number of alkyl halides is 3. The summed E-state index contributed by atoms with van der Waals surface area (Å²) < 4.78 is 55.7. The van der Waals surface area contributed by atoms with Gasteiger partial charge in [0.2, 0.25) is 5.95 Å². The maximum absolute atomic E-state index is 13.5. The van der Waals surface area contributed by atoms with Crippen LogP contribution < -0.4 is 15.5 Å². The molecule has 2 aliphatic heterocycles. The van der Waals surface area contributed by atoms with Crippen LogP contribution in [0.5, 0.6) is 0 Å². The highest BCUT2D eigenvalue weighted by atomic mass is 32.2. The number of likely N-dealkylation sites (tertiary alicyclic amines) is 1. The molecule has 0 radical (unpaired) electrons. The highest BCUT2D eigenvalue weighted by Gasteiger charge is 2.32. The molecule has 14 nitrogen and oxygen atoms in total. The van der Waals surface area contributed by atoms with Gasteiger partial charge in [0, 0.05) is 94.0 Å². The molecule has 2 aliphatic rings. The Bertz CT molecular complexity index is 2200. The summed E-state index contributed by atoms with van der Waals surface area (Å²) in [5.41, 5.74) is 3.05. The fourth-order valence-electron chi connectivity index (χ4n) is 7.39. The van der Waals surface area contributed by atoms with Gasteiger partial charge in [-0.1, -0.05) is 18.2 Å². The number of rotatable bonds is 12. The van der Waals surface area contributed by atoms with Gasteiger partial charge in [0.15, 0.2) is 11.6 Å². The SMILES string of the molecule is CNC(=O)N(CCC=O)c1nn(C)c2cc(C3CCN(Cc4cnc(-c5cccc(S(=O)N6CCC(Nc7ncc(C(F)(F)F)cn7)CC6)c5)nc4)CC3)ccc12. The highest BCUT2D eigenvalue weighted by Crippen LogP contribution is 2.34. The van der Waals surface area contributed by atoms with Crippen LogP contribution in [0.4, 0.5) is 29.7 Å². The molecule has 5 aromatic rings. The maximum atomic E-state index is 13.5. The number of aryl methyl sites for hydroxylation is 1. The number of fused-ring (bicyclic) bond motifs is 1. The monoisotopic (exact) mass is 803 g/mol. The molecule has 1 unspecified atom stereocenters. The number of carbonyl (C=O) groups excluding carboxylic acids is 2. The Morgan fingerprint density at radius 3 is 2.35 bits per heavy atom. The number of halogens is 3. The van der Waals surface area contributed by atoms with Crippen molar-refractivity contribution in [3.63, 3.8) is 0 Å². The number of urea groups is 1. The fourth-order valence-corrected chi connectivity index (χ4v) is 8.65.